The summed E-state index contributed by atoms with van der Waals surface area (Å²) in [6.45, 7) is 6.70. The molecular weight excluding hydrogens is 220 g/mol. The van der Waals surface area contributed by atoms with Crippen molar-refractivity contribution >= 4 is 5.91 Å². The Bertz CT molecular complexity index is 265. The molecule has 2 fully saturated rings. The highest BCUT2D eigenvalue weighted by molar-refractivity contribution is 5.78. The van der Waals surface area contributed by atoms with Crippen LogP contribution in [0.3, 0.4) is 0 Å². The predicted molar refractivity (Wildman–Crippen MR) is 63.7 cm³/mol. The smallest absolute Gasteiger partial charge is 0.236 e. The van der Waals surface area contributed by atoms with E-state index in [-0.39, 0.29) is 5.91 Å². The van der Waals surface area contributed by atoms with Crippen LogP contribution in [-0.2, 0) is 9.53 Å². The Morgan fingerprint density at radius 1 is 1.24 bits per heavy atom. The SMILES string of the molecule is CC1(O)CCN(CC(=O)N2CCOCC2)CC1. The van der Waals surface area contributed by atoms with Crippen LogP contribution < -0.4 is 0 Å². The van der Waals surface area contributed by atoms with E-state index in [2.05, 4.69) is 4.90 Å². The van der Waals surface area contributed by atoms with Gasteiger partial charge in [-0.3, -0.25) is 9.69 Å². The van der Waals surface area contributed by atoms with E-state index in [1.807, 2.05) is 11.8 Å². The van der Waals surface area contributed by atoms with Crippen LogP contribution in [0.15, 0.2) is 0 Å². The van der Waals surface area contributed by atoms with E-state index in [0.29, 0.717) is 32.8 Å². The maximum absolute atomic E-state index is 12.0. The zero-order chi connectivity index (χ0) is 12.3. The number of ether oxygens (including phenoxy) is 1. The van der Waals surface area contributed by atoms with Gasteiger partial charge < -0.3 is 14.7 Å². The first-order valence-corrected chi connectivity index (χ1v) is 6.37. The van der Waals surface area contributed by atoms with Crippen molar-refractivity contribution in [1.29, 1.82) is 0 Å². The minimum atomic E-state index is -0.543. The van der Waals surface area contributed by atoms with Gasteiger partial charge in [0.1, 0.15) is 0 Å². The lowest BCUT2D eigenvalue weighted by Gasteiger charge is -2.36. The van der Waals surface area contributed by atoms with Gasteiger partial charge in [-0.1, -0.05) is 0 Å². The molecule has 5 heteroatoms. The second-order valence-electron chi connectivity index (χ2n) is 5.27. The van der Waals surface area contributed by atoms with Gasteiger partial charge in [0.05, 0.1) is 25.4 Å². The minimum Gasteiger partial charge on any atom is -0.390 e. The van der Waals surface area contributed by atoms with Crippen LogP contribution in [0.4, 0.5) is 0 Å². The molecule has 0 atom stereocenters. The summed E-state index contributed by atoms with van der Waals surface area (Å²) in [5, 5.41) is 9.84. The largest absolute Gasteiger partial charge is 0.390 e. The lowest BCUT2D eigenvalue weighted by molar-refractivity contribution is -0.137. The van der Waals surface area contributed by atoms with Crippen LogP contribution in [0.1, 0.15) is 19.8 Å². The molecule has 0 saturated carbocycles. The van der Waals surface area contributed by atoms with Crippen LogP contribution in [0, 0.1) is 0 Å². The molecule has 0 aromatic rings. The van der Waals surface area contributed by atoms with E-state index >= 15 is 0 Å². The van der Waals surface area contributed by atoms with Gasteiger partial charge in [0.15, 0.2) is 0 Å². The number of hydrogen-bond acceptors (Lipinski definition) is 4. The molecule has 1 amide bonds. The molecule has 0 aromatic carbocycles. The van der Waals surface area contributed by atoms with Gasteiger partial charge in [0.2, 0.25) is 5.91 Å². The van der Waals surface area contributed by atoms with Crippen molar-refractivity contribution in [3.63, 3.8) is 0 Å². The maximum Gasteiger partial charge on any atom is 0.236 e. The fraction of sp³-hybridized carbons (Fsp3) is 0.917. The topological polar surface area (TPSA) is 53.0 Å². The Morgan fingerprint density at radius 3 is 2.41 bits per heavy atom. The molecule has 0 spiro atoms. The summed E-state index contributed by atoms with van der Waals surface area (Å²) in [6.07, 6.45) is 1.51. The van der Waals surface area contributed by atoms with E-state index in [0.717, 1.165) is 25.9 Å². The second kappa shape index (κ2) is 5.33. The van der Waals surface area contributed by atoms with Crippen LogP contribution in [-0.4, -0.2) is 72.4 Å². The fourth-order valence-electron chi connectivity index (χ4n) is 2.30. The summed E-state index contributed by atoms with van der Waals surface area (Å²) in [5.74, 6) is 0.190. The number of aliphatic hydroxyl groups is 1. The van der Waals surface area contributed by atoms with Crippen molar-refractivity contribution in [2.24, 2.45) is 0 Å². The quantitative estimate of drug-likeness (QED) is 0.722. The van der Waals surface area contributed by atoms with Crippen LogP contribution in [0.2, 0.25) is 0 Å². The number of rotatable bonds is 2. The Hall–Kier alpha value is -0.650. The summed E-state index contributed by atoms with van der Waals surface area (Å²) in [5.41, 5.74) is -0.543. The van der Waals surface area contributed by atoms with Crippen LogP contribution in [0.5, 0.6) is 0 Å². The molecule has 2 aliphatic rings. The molecule has 0 radical (unpaired) electrons. The van der Waals surface area contributed by atoms with Crippen molar-refractivity contribution in [3.8, 4) is 0 Å². The van der Waals surface area contributed by atoms with E-state index in [1.165, 1.54) is 0 Å². The highest BCUT2D eigenvalue weighted by Gasteiger charge is 2.29. The van der Waals surface area contributed by atoms with Gasteiger partial charge in [-0.25, -0.2) is 0 Å². The molecule has 5 nitrogen and oxygen atoms in total. The van der Waals surface area contributed by atoms with Crippen molar-refractivity contribution in [3.05, 3.63) is 0 Å². The number of amides is 1. The van der Waals surface area contributed by atoms with Gasteiger partial charge >= 0.3 is 0 Å². The zero-order valence-corrected chi connectivity index (χ0v) is 10.5. The standard InChI is InChI=1S/C12H22N2O3/c1-12(16)2-4-13(5-3-12)10-11(15)14-6-8-17-9-7-14/h16H,2-10H2,1H3. The number of hydrogen-bond donors (Lipinski definition) is 1. The van der Waals surface area contributed by atoms with E-state index < -0.39 is 5.60 Å². The third-order valence-electron chi connectivity index (χ3n) is 3.66. The van der Waals surface area contributed by atoms with Gasteiger partial charge in [0, 0.05) is 26.2 Å². The average Bonchev–Trinajstić information content (AvgIpc) is 2.33. The molecule has 0 bridgehead atoms. The number of carbonyl (C=O) groups is 1. The molecule has 98 valence electrons. The molecule has 1 N–H and O–H groups in total. The number of piperidine rings is 1. The summed E-state index contributed by atoms with van der Waals surface area (Å²) >= 11 is 0. The highest BCUT2D eigenvalue weighted by Crippen LogP contribution is 2.20. The minimum absolute atomic E-state index is 0.190. The molecule has 0 aliphatic carbocycles. The molecule has 2 rings (SSSR count). The Morgan fingerprint density at radius 2 is 1.82 bits per heavy atom. The molecule has 0 unspecified atom stereocenters. The van der Waals surface area contributed by atoms with E-state index in [9.17, 15) is 9.90 Å². The van der Waals surface area contributed by atoms with Gasteiger partial charge in [0.25, 0.3) is 0 Å². The first-order valence-electron chi connectivity index (χ1n) is 6.37. The lowest BCUT2D eigenvalue weighted by Crippen LogP contribution is -2.49. The van der Waals surface area contributed by atoms with E-state index in [4.69, 9.17) is 4.74 Å². The zero-order valence-electron chi connectivity index (χ0n) is 10.5. The molecule has 2 aliphatic heterocycles. The average molecular weight is 242 g/mol. The predicted octanol–water partition coefficient (Wildman–Crippen LogP) is -0.308. The van der Waals surface area contributed by atoms with Crippen molar-refractivity contribution < 1.29 is 14.6 Å². The van der Waals surface area contributed by atoms with Crippen molar-refractivity contribution in [2.75, 3.05) is 45.9 Å². The van der Waals surface area contributed by atoms with Crippen molar-refractivity contribution in [1.82, 2.24) is 9.80 Å². The fourth-order valence-corrected chi connectivity index (χ4v) is 2.30. The highest BCUT2D eigenvalue weighted by atomic mass is 16.5. The van der Waals surface area contributed by atoms with Gasteiger partial charge in [-0.15, -0.1) is 0 Å². The third-order valence-corrected chi connectivity index (χ3v) is 3.66. The number of morpholine rings is 1. The number of likely N-dealkylation sites (tertiary alicyclic amines) is 1. The Balaban J connectivity index is 1.75. The number of carbonyl (C=O) groups excluding carboxylic acids is 1. The summed E-state index contributed by atoms with van der Waals surface area (Å²) in [4.78, 5) is 16.0. The summed E-state index contributed by atoms with van der Waals surface area (Å²) in [7, 11) is 0. The normalized spacial score (nSPS) is 25.9. The van der Waals surface area contributed by atoms with Gasteiger partial charge in [-0.05, 0) is 19.8 Å². The van der Waals surface area contributed by atoms with Crippen LogP contribution in [0.25, 0.3) is 0 Å². The summed E-state index contributed by atoms with van der Waals surface area (Å²) in [6, 6.07) is 0. The molecule has 2 saturated heterocycles. The third kappa shape index (κ3) is 3.66. The maximum atomic E-state index is 12.0. The van der Waals surface area contributed by atoms with Crippen molar-refractivity contribution in [2.45, 2.75) is 25.4 Å². The first kappa shape index (κ1) is 12.8. The molecule has 2 heterocycles. The first-order chi connectivity index (χ1) is 8.07. The Labute approximate surface area is 102 Å². The van der Waals surface area contributed by atoms with Gasteiger partial charge in [-0.2, -0.15) is 0 Å². The summed E-state index contributed by atoms with van der Waals surface area (Å²) < 4.78 is 5.23. The monoisotopic (exact) mass is 242 g/mol. The molecular formula is C12H22N2O3. The molecule has 17 heavy (non-hydrogen) atoms. The lowest BCUT2D eigenvalue weighted by atomic mass is 9.94. The van der Waals surface area contributed by atoms with Crippen LogP contribution >= 0.6 is 0 Å². The van der Waals surface area contributed by atoms with E-state index in [1.54, 1.807) is 0 Å². The number of nitrogens with zero attached hydrogens (tertiary/aromatic N) is 2. The second-order valence-corrected chi connectivity index (χ2v) is 5.27. The molecule has 0 aromatic heterocycles. The Kier molecular flexibility index (Phi) is 4.01.